The monoisotopic (exact) mass is 222 g/mol. The highest BCUT2D eigenvalue weighted by Crippen LogP contribution is 2.39. The summed E-state index contributed by atoms with van der Waals surface area (Å²) in [7, 11) is 0. The van der Waals surface area contributed by atoms with Crippen molar-refractivity contribution >= 4 is 0 Å². The molecule has 0 aliphatic heterocycles. The van der Waals surface area contributed by atoms with E-state index in [4.69, 9.17) is 0 Å². The van der Waals surface area contributed by atoms with Gasteiger partial charge in [0.05, 0.1) is 12.3 Å². The molecule has 14 heavy (non-hydrogen) atoms. The van der Waals surface area contributed by atoms with Gasteiger partial charge >= 0.3 is 12.4 Å². The molecule has 0 aliphatic carbocycles. The number of alkyl halides is 6. The first kappa shape index (κ1) is 13.6. The van der Waals surface area contributed by atoms with Crippen molar-refractivity contribution in [1.82, 2.24) is 0 Å². The van der Waals surface area contributed by atoms with Crippen molar-refractivity contribution in [1.29, 1.82) is 0 Å². The minimum atomic E-state index is -4.76. The van der Waals surface area contributed by atoms with E-state index in [9.17, 15) is 26.3 Å². The highest BCUT2D eigenvalue weighted by Gasteiger charge is 2.46. The van der Waals surface area contributed by atoms with Gasteiger partial charge in [0, 0.05) is 0 Å². The molecule has 0 amide bonds. The summed E-state index contributed by atoms with van der Waals surface area (Å²) in [6, 6.07) is 0. The number of halogens is 6. The third-order valence-electron chi connectivity index (χ3n) is 1.70. The maximum Gasteiger partial charge on any atom is 0.392 e. The second kappa shape index (κ2) is 4.40. The topological polar surface area (TPSA) is 0 Å². The number of hydrogen-bond acceptors (Lipinski definition) is 0. The predicted molar refractivity (Wildman–Crippen MR) is 39.7 cm³/mol. The van der Waals surface area contributed by atoms with E-state index in [1.54, 1.807) is 0 Å². The number of hydrogen-bond donors (Lipinski definition) is 0. The van der Waals surface area contributed by atoms with Gasteiger partial charge in [0.25, 0.3) is 0 Å². The lowest BCUT2D eigenvalue weighted by molar-refractivity contribution is -0.222. The van der Waals surface area contributed by atoms with Crippen molar-refractivity contribution in [2.45, 2.75) is 39.0 Å². The van der Waals surface area contributed by atoms with E-state index in [-0.39, 0.29) is 0 Å². The lowest BCUT2D eigenvalue weighted by Gasteiger charge is -2.22. The van der Waals surface area contributed by atoms with Crippen LogP contribution < -0.4 is 0 Å². The van der Waals surface area contributed by atoms with Crippen LogP contribution in [0.3, 0.4) is 0 Å². The van der Waals surface area contributed by atoms with E-state index in [0.717, 1.165) is 0 Å². The first-order valence-electron chi connectivity index (χ1n) is 4.16. The van der Waals surface area contributed by atoms with Crippen LogP contribution in [0.2, 0.25) is 0 Å². The largest absolute Gasteiger partial charge is 0.392 e. The second-order valence-electron chi connectivity index (χ2n) is 3.69. The molecule has 0 aromatic rings. The predicted octanol–water partition coefficient (Wildman–Crippen LogP) is 4.16. The summed E-state index contributed by atoms with van der Waals surface area (Å²) < 4.78 is 71.7. The van der Waals surface area contributed by atoms with Gasteiger partial charge in [0.15, 0.2) is 0 Å². The molecule has 0 bridgehead atoms. The smallest absolute Gasteiger partial charge is 0.171 e. The van der Waals surface area contributed by atoms with Crippen molar-refractivity contribution in [3.63, 3.8) is 0 Å². The van der Waals surface area contributed by atoms with E-state index in [0.29, 0.717) is 0 Å². The van der Waals surface area contributed by atoms with Gasteiger partial charge in [-0.25, -0.2) is 0 Å². The molecular weight excluding hydrogens is 210 g/mol. The molecule has 86 valence electrons. The molecule has 0 radical (unpaired) electrons. The average Bonchev–Trinajstić information content (AvgIpc) is 1.78. The third kappa shape index (κ3) is 6.10. The summed E-state index contributed by atoms with van der Waals surface area (Å²) in [4.78, 5) is 0. The summed E-state index contributed by atoms with van der Waals surface area (Å²) in [6.07, 6.45) is -11.8. The molecule has 0 aromatic carbocycles. The molecule has 0 nitrogen and oxygen atoms in total. The van der Waals surface area contributed by atoms with Crippen LogP contribution in [0.4, 0.5) is 26.3 Å². The van der Waals surface area contributed by atoms with Crippen molar-refractivity contribution in [3.05, 3.63) is 0 Å². The van der Waals surface area contributed by atoms with Gasteiger partial charge in [-0.1, -0.05) is 13.8 Å². The summed E-state index contributed by atoms with van der Waals surface area (Å²) in [5.74, 6) is -2.67. The SMILES string of the molecule is CC(C)CC(CC(F)(F)F)C(F)(F)F. The molecule has 0 heterocycles. The summed E-state index contributed by atoms with van der Waals surface area (Å²) in [5, 5.41) is 0. The Morgan fingerprint density at radius 2 is 1.36 bits per heavy atom. The molecule has 1 atom stereocenters. The Hall–Kier alpha value is -0.420. The molecule has 0 aromatic heterocycles. The fraction of sp³-hybridized carbons (Fsp3) is 1.00. The molecule has 1 unspecified atom stereocenters. The van der Waals surface area contributed by atoms with Gasteiger partial charge in [-0.15, -0.1) is 0 Å². The van der Waals surface area contributed by atoms with Crippen LogP contribution in [0.25, 0.3) is 0 Å². The summed E-state index contributed by atoms with van der Waals surface area (Å²) >= 11 is 0. The van der Waals surface area contributed by atoms with Gasteiger partial charge in [-0.3, -0.25) is 0 Å². The van der Waals surface area contributed by atoms with Crippen molar-refractivity contribution < 1.29 is 26.3 Å². The lowest BCUT2D eigenvalue weighted by atomic mass is 9.93. The molecule has 0 fully saturated rings. The minimum absolute atomic E-state index is 0.399. The standard InChI is InChI=1S/C8H12F6/c1-5(2)3-6(8(12,13)14)4-7(9,10)11/h5-6H,3-4H2,1-2H3. The van der Waals surface area contributed by atoms with E-state index >= 15 is 0 Å². The van der Waals surface area contributed by atoms with Crippen LogP contribution >= 0.6 is 0 Å². The van der Waals surface area contributed by atoms with E-state index in [1.165, 1.54) is 13.8 Å². The highest BCUT2D eigenvalue weighted by molar-refractivity contribution is 4.72. The molecule has 0 saturated carbocycles. The van der Waals surface area contributed by atoms with Gasteiger partial charge in [0.2, 0.25) is 0 Å². The van der Waals surface area contributed by atoms with Crippen LogP contribution in [0.1, 0.15) is 26.7 Å². The average molecular weight is 222 g/mol. The highest BCUT2D eigenvalue weighted by atomic mass is 19.4. The Balaban J connectivity index is 4.42. The van der Waals surface area contributed by atoms with Crippen LogP contribution in [-0.4, -0.2) is 12.4 Å². The van der Waals surface area contributed by atoms with Gasteiger partial charge in [-0.05, 0) is 12.3 Å². The zero-order valence-electron chi connectivity index (χ0n) is 7.84. The third-order valence-corrected chi connectivity index (χ3v) is 1.70. The van der Waals surface area contributed by atoms with Crippen LogP contribution in [0.15, 0.2) is 0 Å². The zero-order valence-corrected chi connectivity index (χ0v) is 7.84. The zero-order chi connectivity index (χ0) is 11.6. The van der Waals surface area contributed by atoms with Gasteiger partial charge in [-0.2, -0.15) is 26.3 Å². The van der Waals surface area contributed by atoms with Crippen molar-refractivity contribution in [2.24, 2.45) is 11.8 Å². The molecule has 0 spiro atoms. The Morgan fingerprint density at radius 1 is 0.929 bits per heavy atom. The van der Waals surface area contributed by atoms with Crippen LogP contribution in [0, 0.1) is 11.8 Å². The summed E-state index contributed by atoms with van der Waals surface area (Å²) in [6.45, 7) is 2.93. The van der Waals surface area contributed by atoms with Gasteiger partial charge < -0.3 is 0 Å². The molecule has 0 rings (SSSR count). The van der Waals surface area contributed by atoms with E-state index in [2.05, 4.69) is 0 Å². The molecule has 0 N–H and O–H groups in total. The quantitative estimate of drug-likeness (QED) is 0.629. The van der Waals surface area contributed by atoms with E-state index in [1.807, 2.05) is 0 Å². The molecular formula is C8H12F6. The lowest BCUT2D eigenvalue weighted by Crippen LogP contribution is -2.29. The second-order valence-corrected chi connectivity index (χ2v) is 3.69. The maximum atomic E-state index is 12.1. The Bertz CT molecular complexity index is 166. The fourth-order valence-electron chi connectivity index (χ4n) is 1.18. The Kier molecular flexibility index (Phi) is 4.27. The van der Waals surface area contributed by atoms with Crippen molar-refractivity contribution in [3.8, 4) is 0 Å². The number of rotatable bonds is 3. The molecule has 6 heteroatoms. The minimum Gasteiger partial charge on any atom is -0.171 e. The maximum absolute atomic E-state index is 12.1. The van der Waals surface area contributed by atoms with Crippen molar-refractivity contribution in [2.75, 3.05) is 0 Å². The fourth-order valence-corrected chi connectivity index (χ4v) is 1.18. The molecule has 0 aliphatic rings. The summed E-state index contributed by atoms with van der Waals surface area (Å²) in [5.41, 5.74) is 0. The van der Waals surface area contributed by atoms with Crippen LogP contribution in [0.5, 0.6) is 0 Å². The molecule has 0 saturated heterocycles. The van der Waals surface area contributed by atoms with E-state index < -0.39 is 37.0 Å². The first-order chi connectivity index (χ1) is 6.02. The van der Waals surface area contributed by atoms with Crippen LogP contribution in [-0.2, 0) is 0 Å². The Morgan fingerprint density at radius 3 is 1.57 bits per heavy atom. The first-order valence-corrected chi connectivity index (χ1v) is 4.16. The van der Waals surface area contributed by atoms with Gasteiger partial charge in [0.1, 0.15) is 0 Å². The normalized spacial score (nSPS) is 16.1. The Labute approximate surface area is 78.3 Å².